The predicted molar refractivity (Wildman–Crippen MR) is 45.5 cm³/mol. The third-order valence-corrected chi connectivity index (χ3v) is 1.30. The number of rotatable bonds is 2. The Morgan fingerprint density at radius 1 is 0.692 bits per heavy atom. The fourth-order valence-corrected chi connectivity index (χ4v) is 0.787. The Balaban J connectivity index is 2.16. The molecule has 2 aromatic rings. The quantitative estimate of drug-likeness (QED) is 0.673. The first-order valence-electron chi connectivity index (χ1n) is 3.71. The molecular formula is C8H6N5. The molecule has 0 saturated carbocycles. The van der Waals surface area contributed by atoms with Crippen LogP contribution in [0.25, 0.3) is 0 Å². The molecular weight excluding hydrogens is 166 g/mol. The smallest absolute Gasteiger partial charge is 0.220 e. The highest BCUT2D eigenvalue weighted by molar-refractivity contribution is 5.25. The van der Waals surface area contributed by atoms with Gasteiger partial charge in [-0.3, -0.25) is 0 Å². The van der Waals surface area contributed by atoms with E-state index in [-0.39, 0.29) is 0 Å². The Morgan fingerprint density at radius 2 is 1.08 bits per heavy atom. The molecule has 0 aliphatic rings. The van der Waals surface area contributed by atoms with Crippen LogP contribution in [0.15, 0.2) is 36.9 Å². The summed E-state index contributed by atoms with van der Waals surface area (Å²) in [7, 11) is 0. The Morgan fingerprint density at radius 3 is 1.46 bits per heavy atom. The van der Waals surface area contributed by atoms with Crippen LogP contribution in [0, 0.1) is 0 Å². The number of aromatic nitrogens is 4. The molecule has 1 radical (unpaired) electrons. The Bertz CT molecular complexity index is 323. The van der Waals surface area contributed by atoms with Crippen LogP contribution in [0.4, 0.5) is 11.9 Å². The van der Waals surface area contributed by atoms with Crippen molar-refractivity contribution >= 4 is 11.9 Å². The molecule has 2 aromatic heterocycles. The zero-order valence-corrected chi connectivity index (χ0v) is 6.70. The summed E-state index contributed by atoms with van der Waals surface area (Å²) < 4.78 is 0. The van der Waals surface area contributed by atoms with E-state index in [1.807, 2.05) is 0 Å². The van der Waals surface area contributed by atoms with Gasteiger partial charge in [-0.1, -0.05) is 0 Å². The maximum atomic E-state index is 4.00. The van der Waals surface area contributed by atoms with Crippen molar-refractivity contribution in [1.29, 1.82) is 0 Å². The average molecular weight is 172 g/mol. The monoisotopic (exact) mass is 172 g/mol. The lowest BCUT2D eigenvalue weighted by molar-refractivity contribution is 0.936. The normalized spacial score (nSPS) is 9.54. The minimum Gasteiger partial charge on any atom is -0.220 e. The summed E-state index contributed by atoms with van der Waals surface area (Å²) >= 11 is 0. The molecule has 0 fully saturated rings. The number of nitrogens with zero attached hydrogens (tertiary/aromatic N) is 5. The Kier molecular flexibility index (Phi) is 2.09. The van der Waals surface area contributed by atoms with Gasteiger partial charge in [0.2, 0.25) is 0 Å². The zero-order chi connectivity index (χ0) is 8.93. The molecule has 5 nitrogen and oxygen atoms in total. The van der Waals surface area contributed by atoms with Crippen LogP contribution >= 0.6 is 0 Å². The van der Waals surface area contributed by atoms with Crippen LogP contribution in [0.5, 0.6) is 0 Å². The van der Waals surface area contributed by atoms with Crippen LogP contribution in [-0.2, 0) is 0 Å². The molecule has 0 aromatic carbocycles. The van der Waals surface area contributed by atoms with Crippen molar-refractivity contribution in [3.05, 3.63) is 36.9 Å². The molecule has 0 bridgehead atoms. The second-order valence-corrected chi connectivity index (χ2v) is 2.21. The van der Waals surface area contributed by atoms with Gasteiger partial charge in [0.15, 0.2) is 0 Å². The van der Waals surface area contributed by atoms with Crippen LogP contribution in [-0.4, -0.2) is 19.9 Å². The van der Waals surface area contributed by atoms with Crippen molar-refractivity contribution in [2.75, 3.05) is 0 Å². The lowest BCUT2D eigenvalue weighted by atomic mass is 10.6. The highest BCUT2D eigenvalue weighted by Gasteiger charge is 1.98. The highest BCUT2D eigenvalue weighted by atomic mass is 15.2. The molecule has 2 rings (SSSR count). The first-order valence-corrected chi connectivity index (χ1v) is 3.71. The third-order valence-electron chi connectivity index (χ3n) is 1.30. The van der Waals surface area contributed by atoms with Crippen LogP contribution < -0.4 is 5.32 Å². The maximum Gasteiger partial charge on any atom is 0.252 e. The van der Waals surface area contributed by atoms with Crippen LogP contribution in [0.2, 0.25) is 0 Å². The van der Waals surface area contributed by atoms with Gasteiger partial charge < -0.3 is 0 Å². The number of hydrogen-bond acceptors (Lipinski definition) is 4. The lowest BCUT2D eigenvalue weighted by Crippen LogP contribution is -1.97. The van der Waals surface area contributed by atoms with Crippen molar-refractivity contribution in [2.45, 2.75) is 0 Å². The van der Waals surface area contributed by atoms with Crippen molar-refractivity contribution in [1.82, 2.24) is 25.3 Å². The lowest BCUT2D eigenvalue weighted by Gasteiger charge is -1.96. The van der Waals surface area contributed by atoms with Gasteiger partial charge >= 0.3 is 0 Å². The van der Waals surface area contributed by atoms with E-state index in [0.29, 0.717) is 11.9 Å². The predicted octanol–water partition coefficient (Wildman–Crippen LogP) is 0.834. The summed E-state index contributed by atoms with van der Waals surface area (Å²) in [6.45, 7) is 0. The third kappa shape index (κ3) is 1.96. The molecule has 2 heterocycles. The average Bonchev–Trinajstić information content (AvgIpc) is 2.21. The molecule has 13 heavy (non-hydrogen) atoms. The summed E-state index contributed by atoms with van der Waals surface area (Å²) in [5, 5.41) is 4.00. The van der Waals surface area contributed by atoms with Gasteiger partial charge in [0, 0.05) is 24.8 Å². The van der Waals surface area contributed by atoms with E-state index >= 15 is 0 Å². The summed E-state index contributed by atoms with van der Waals surface area (Å²) in [4.78, 5) is 15.7. The largest absolute Gasteiger partial charge is 0.252 e. The van der Waals surface area contributed by atoms with Gasteiger partial charge in [-0.25, -0.2) is 19.9 Å². The summed E-state index contributed by atoms with van der Waals surface area (Å²) in [6.07, 6.45) is 6.48. The van der Waals surface area contributed by atoms with Gasteiger partial charge in [-0.05, 0) is 12.1 Å². The standard InChI is InChI=1S/C8H6N5/c1-3-9-7(10-4-1)13-8-11-5-2-6-12-8/h1-6H. The molecule has 0 spiro atoms. The highest BCUT2D eigenvalue weighted by Crippen LogP contribution is 2.03. The van der Waals surface area contributed by atoms with E-state index in [4.69, 9.17) is 0 Å². The summed E-state index contributed by atoms with van der Waals surface area (Å²) in [6, 6.07) is 3.45. The minimum absolute atomic E-state index is 0.369. The molecule has 0 atom stereocenters. The molecule has 0 amide bonds. The van der Waals surface area contributed by atoms with Crippen molar-refractivity contribution in [2.24, 2.45) is 0 Å². The molecule has 0 unspecified atom stereocenters. The van der Waals surface area contributed by atoms with Crippen LogP contribution in [0.1, 0.15) is 0 Å². The Labute approximate surface area is 74.9 Å². The van der Waals surface area contributed by atoms with Gasteiger partial charge in [0.25, 0.3) is 11.9 Å². The van der Waals surface area contributed by atoms with E-state index in [1.165, 1.54) is 0 Å². The summed E-state index contributed by atoms with van der Waals surface area (Å²) in [5.74, 6) is 0.738. The Hall–Kier alpha value is -2.04. The second kappa shape index (κ2) is 3.57. The molecule has 63 valence electrons. The minimum atomic E-state index is 0.369. The van der Waals surface area contributed by atoms with Crippen molar-refractivity contribution < 1.29 is 0 Å². The van der Waals surface area contributed by atoms with E-state index in [9.17, 15) is 0 Å². The molecule has 0 aliphatic heterocycles. The fraction of sp³-hybridized carbons (Fsp3) is 0. The fourth-order valence-electron chi connectivity index (χ4n) is 0.787. The van der Waals surface area contributed by atoms with Crippen molar-refractivity contribution in [3.63, 3.8) is 0 Å². The maximum absolute atomic E-state index is 4.00. The van der Waals surface area contributed by atoms with E-state index < -0.39 is 0 Å². The topological polar surface area (TPSA) is 65.7 Å². The van der Waals surface area contributed by atoms with E-state index in [1.54, 1.807) is 36.9 Å². The van der Waals surface area contributed by atoms with Gasteiger partial charge in [-0.2, -0.15) is 5.32 Å². The van der Waals surface area contributed by atoms with E-state index in [0.717, 1.165) is 0 Å². The number of hydrogen-bond donors (Lipinski definition) is 0. The van der Waals surface area contributed by atoms with Gasteiger partial charge in [0.1, 0.15) is 0 Å². The second-order valence-electron chi connectivity index (χ2n) is 2.21. The first-order chi connectivity index (χ1) is 6.45. The first kappa shape index (κ1) is 7.60. The van der Waals surface area contributed by atoms with Gasteiger partial charge in [0.05, 0.1) is 0 Å². The van der Waals surface area contributed by atoms with E-state index in [2.05, 4.69) is 25.3 Å². The zero-order valence-electron chi connectivity index (χ0n) is 6.70. The molecule has 0 aliphatic carbocycles. The van der Waals surface area contributed by atoms with Gasteiger partial charge in [-0.15, -0.1) is 0 Å². The summed E-state index contributed by atoms with van der Waals surface area (Å²) in [5.41, 5.74) is 0. The molecule has 0 N–H and O–H groups in total. The molecule has 0 saturated heterocycles. The van der Waals surface area contributed by atoms with Crippen LogP contribution in [0.3, 0.4) is 0 Å². The SMILES string of the molecule is c1cnc([N]c2ncccn2)nc1. The molecule has 5 heteroatoms. The van der Waals surface area contributed by atoms with Crippen molar-refractivity contribution in [3.8, 4) is 0 Å².